The van der Waals surface area contributed by atoms with Crippen molar-refractivity contribution in [1.82, 2.24) is 21.0 Å². The number of fused-ring (bicyclic) bond motifs is 2. The smallest absolute Gasteiger partial charge is 0.335 e. The minimum atomic E-state index is -0.982. The number of aromatic carboxylic acids is 1. The number of para-hydroxylation sites is 1. The van der Waals surface area contributed by atoms with Crippen molar-refractivity contribution in [2.24, 2.45) is 29.1 Å². The number of rotatable bonds is 14. The highest BCUT2D eigenvalue weighted by molar-refractivity contribution is 5.97. The fourth-order valence-electron chi connectivity index (χ4n) is 9.27. The van der Waals surface area contributed by atoms with Gasteiger partial charge in [-0.3, -0.25) is 14.4 Å². The molecule has 7 rings (SSSR count). The Morgan fingerprint density at radius 2 is 1.78 bits per heavy atom. The number of aliphatic hydroxyl groups is 1. The first-order valence-electron chi connectivity index (χ1n) is 19.3. The Hall–Kier alpha value is -4.49. The largest absolute Gasteiger partial charge is 0.496 e. The van der Waals surface area contributed by atoms with Crippen molar-refractivity contribution in [1.29, 1.82) is 0 Å². The van der Waals surface area contributed by atoms with Gasteiger partial charge in [-0.05, 0) is 84.4 Å². The number of carbonyl (C=O) groups excluding carboxylic acids is 2. The summed E-state index contributed by atoms with van der Waals surface area (Å²) in [5.41, 5.74) is 5.11. The fourth-order valence-corrected chi connectivity index (χ4v) is 9.27. The summed E-state index contributed by atoms with van der Waals surface area (Å²) in [6.45, 7) is 9.61. The van der Waals surface area contributed by atoms with E-state index in [1.807, 2.05) is 55.4 Å². The van der Waals surface area contributed by atoms with Gasteiger partial charge in [0.05, 0.1) is 31.4 Å². The number of hydrogen-bond acceptors (Lipinski definition) is 9. The molecule has 3 aromatic carbocycles. The van der Waals surface area contributed by atoms with Crippen LogP contribution >= 0.6 is 0 Å². The summed E-state index contributed by atoms with van der Waals surface area (Å²) in [6, 6.07) is 17.4. The van der Waals surface area contributed by atoms with E-state index in [0.717, 1.165) is 34.4 Å². The molecule has 3 aromatic rings. The Morgan fingerprint density at radius 3 is 2.38 bits per heavy atom. The number of amides is 2. The summed E-state index contributed by atoms with van der Waals surface area (Å²) >= 11 is 0. The van der Waals surface area contributed by atoms with E-state index >= 15 is 0 Å². The van der Waals surface area contributed by atoms with Crippen LogP contribution in [0.15, 0.2) is 60.7 Å². The monoisotopic (exact) mass is 755 g/mol. The molecule has 0 unspecified atom stereocenters. The maximum absolute atomic E-state index is 14.6. The molecule has 1 saturated heterocycles. The average Bonchev–Trinajstić information content (AvgIpc) is 3.52. The molecule has 1 heterocycles. The van der Waals surface area contributed by atoms with Crippen LogP contribution in [0.1, 0.15) is 72.4 Å². The van der Waals surface area contributed by atoms with Gasteiger partial charge in [0, 0.05) is 68.6 Å². The summed E-state index contributed by atoms with van der Waals surface area (Å²) in [5, 5.41) is 31.9. The van der Waals surface area contributed by atoms with Gasteiger partial charge >= 0.3 is 5.97 Å². The van der Waals surface area contributed by atoms with E-state index in [2.05, 4.69) is 36.7 Å². The minimum absolute atomic E-state index is 0.0306. The molecule has 2 amide bonds. The van der Waals surface area contributed by atoms with E-state index < -0.39 is 30.1 Å². The van der Waals surface area contributed by atoms with Crippen molar-refractivity contribution >= 4 is 23.5 Å². The lowest BCUT2D eigenvalue weighted by Crippen LogP contribution is -2.62. The van der Waals surface area contributed by atoms with Gasteiger partial charge in [-0.1, -0.05) is 51.1 Å². The standard InChI is InChI=1S/C43H57N5O7/c1-24-34-19-31(43(34,3)4)20-35(24)46-41(51)38-37(25(2)49)36(22-45-21-26-12-14-27(15-13-26)42(52)53)55-48(38)23-28-10-9-11-33(39(28)54-8)29-16-30(40(50)44-5)18-32(17-29)47(6)7/h9-18,24-25,31,34-38,45,49H,19-23H2,1-8H3,(H,44,50)(H,46,51)(H,52,53)/t24-,25-,31-,34+,35-,36-,37+,38-/m0/s1. The molecule has 4 fully saturated rings. The third kappa shape index (κ3) is 8.09. The summed E-state index contributed by atoms with van der Waals surface area (Å²) in [5.74, 6) is 0.106. The quantitative estimate of drug-likeness (QED) is 0.153. The van der Waals surface area contributed by atoms with E-state index in [4.69, 9.17) is 9.57 Å². The van der Waals surface area contributed by atoms with Crippen LogP contribution in [0, 0.1) is 29.1 Å². The number of carbonyl (C=O) groups is 3. The molecule has 4 aliphatic rings. The lowest BCUT2D eigenvalue weighted by molar-refractivity contribution is -0.176. The van der Waals surface area contributed by atoms with Crippen LogP contribution in [0.3, 0.4) is 0 Å². The first kappa shape index (κ1) is 40.2. The van der Waals surface area contributed by atoms with Gasteiger partial charge in [-0.2, -0.15) is 5.06 Å². The predicted molar refractivity (Wildman–Crippen MR) is 212 cm³/mol. The van der Waals surface area contributed by atoms with Crippen LogP contribution < -0.4 is 25.6 Å². The highest BCUT2D eigenvalue weighted by Crippen LogP contribution is 2.61. The minimum Gasteiger partial charge on any atom is -0.496 e. The van der Waals surface area contributed by atoms with Crippen molar-refractivity contribution in [3.05, 3.63) is 82.9 Å². The topological polar surface area (TPSA) is 153 Å². The molecule has 0 aromatic heterocycles. The molecule has 2 bridgehead atoms. The normalized spacial score (nSPS) is 26.1. The average molecular weight is 756 g/mol. The van der Waals surface area contributed by atoms with Crippen molar-refractivity contribution in [2.75, 3.05) is 39.7 Å². The van der Waals surface area contributed by atoms with Gasteiger partial charge in [0.25, 0.3) is 5.91 Å². The fraction of sp³-hybridized carbons (Fsp3) is 0.512. The zero-order valence-electron chi connectivity index (χ0n) is 33.3. The molecule has 12 heteroatoms. The molecule has 1 aliphatic heterocycles. The van der Waals surface area contributed by atoms with E-state index in [-0.39, 0.29) is 35.4 Å². The van der Waals surface area contributed by atoms with Crippen LogP contribution in [0.5, 0.6) is 5.75 Å². The van der Waals surface area contributed by atoms with Crippen LogP contribution in [-0.4, -0.2) is 92.1 Å². The molecule has 3 aliphatic carbocycles. The van der Waals surface area contributed by atoms with Crippen LogP contribution in [0.4, 0.5) is 5.69 Å². The Morgan fingerprint density at radius 1 is 1.05 bits per heavy atom. The van der Waals surface area contributed by atoms with Gasteiger partial charge in [-0.15, -0.1) is 0 Å². The molecule has 0 radical (unpaired) electrons. The number of benzene rings is 3. The zero-order chi connectivity index (χ0) is 39.8. The first-order valence-corrected chi connectivity index (χ1v) is 19.3. The molecule has 5 N–H and O–H groups in total. The van der Waals surface area contributed by atoms with Crippen molar-refractivity contribution < 1.29 is 34.2 Å². The Balaban J connectivity index is 1.30. The maximum atomic E-state index is 14.6. The van der Waals surface area contributed by atoms with Gasteiger partial charge in [0.2, 0.25) is 5.91 Å². The number of aliphatic hydroxyl groups excluding tert-OH is 1. The number of hydroxylamine groups is 2. The van der Waals surface area contributed by atoms with E-state index in [1.54, 1.807) is 50.4 Å². The molecule has 12 nitrogen and oxygen atoms in total. The number of carboxylic acids is 1. The Labute approximate surface area is 324 Å². The lowest BCUT2D eigenvalue weighted by atomic mass is 9.45. The third-order valence-corrected chi connectivity index (χ3v) is 12.6. The zero-order valence-corrected chi connectivity index (χ0v) is 33.3. The second kappa shape index (κ2) is 16.3. The van der Waals surface area contributed by atoms with E-state index in [0.29, 0.717) is 42.2 Å². The second-order valence-corrected chi connectivity index (χ2v) is 16.4. The van der Waals surface area contributed by atoms with Crippen LogP contribution in [-0.2, 0) is 22.7 Å². The first-order chi connectivity index (χ1) is 26.1. The van der Waals surface area contributed by atoms with Crippen molar-refractivity contribution in [2.45, 2.75) is 77.9 Å². The Kier molecular flexibility index (Phi) is 11.9. The second-order valence-electron chi connectivity index (χ2n) is 16.4. The summed E-state index contributed by atoms with van der Waals surface area (Å²) in [6.07, 6.45) is 0.699. The third-order valence-electron chi connectivity index (χ3n) is 12.6. The number of anilines is 1. The van der Waals surface area contributed by atoms with Crippen LogP contribution in [0.25, 0.3) is 11.1 Å². The highest BCUT2D eigenvalue weighted by Gasteiger charge is 2.57. The number of nitrogens with zero attached hydrogens (tertiary/aromatic N) is 2. The number of carboxylic acid groups (broad SMARTS) is 1. The van der Waals surface area contributed by atoms with E-state index in [9.17, 15) is 24.6 Å². The van der Waals surface area contributed by atoms with Gasteiger partial charge in [0.15, 0.2) is 0 Å². The number of hydrogen-bond donors (Lipinski definition) is 5. The molecule has 0 spiro atoms. The summed E-state index contributed by atoms with van der Waals surface area (Å²) < 4.78 is 6.08. The summed E-state index contributed by atoms with van der Waals surface area (Å²) in [4.78, 5) is 47.3. The molecule has 3 saturated carbocycles. The summed E-state index contributed by atoms with van der Waals surface area (Å²) in [7, 11) is 7.06. The molecule has 296 valence electrons. The van der Waals surface area contributed by atoms with Crippen molar-refractivity contribution in [3.63, 3.8) is 0 Å². The predicted octanol–water partition coefficient (Wildman–Crippen LogP) is 4.94. The molecule has 8 atom stereocenters. The van der Waals surface area contributed by atoms with E-state index in [1.165, 1.54) is 6.42 Å². The number of ether oxygens (including phenoxy) is 1. The highest BCUT2D eigenvalue weighted by atomic mass is 16.7. The Bertz CT molecular complexity index is 1880. The van der Waals surface area contributed by atoms with Crippen molar-refractivity contribution in [3.8, 4) is 16.9 Å². The molecular weight excluding hydrogens is 699 g/mol. The van der Waals surface area contributed by atoms with Gasteiger partial charge in [-0.25, -0.2) is 4.79 Å². The molecule has 55 heavy (non-hydrogen) atoms. The maximum Gasteiger partial charge on any atom is 0.335 e. The number of methoxy groups -OCH3 is 1. The SMILES string of the molecule is CNC(=O)c1cc(-c2cccc(CN3O[C@@H](CNCc4ccc(C(=O)O)cc4)[C@@H]([C@H](C)O)[C@H]3C(=O)N[C@H]3C[C@@H]4C[C@H]([C@@H]3C)C4(C)C)c2OC)cc(N(C)C)c1. The van der Waals surface area contributed by atoms with Crippen LogP contribution in [0.2, 0.25) is 0 Å². The van der Waals surface area contributed by atoms with Gasteiger partial charge < -0.3 is 35.8 Å². The molecular formula is C43H57N5O7. The lowest BCUT2D eigenvalue weighted by Gasteiger charge is -2.62. The number of nitrogens with one attached hydrogen (secondary N) is 3. The van der Waals surface area contributed by atoms with Gasteiger partial charge in [0.1, 0.15) is 11.8 Å².